The van der Waals surface area contributed by atoms with Crippen LogP contribution >= 0.6 is 0 Å². The molecule has 0 amide bonds. The molecule has 2 heterocycles. The van der Waals surface area contributed by atoms with Crippen LogP contribution in [0.3, 0.4) is 0 Å². The molecular weight excluding hydrogens is 302 g/mol. The second-order valence-corrected chi connectivity index (χ2v) is 5.98. The minimum atomic E-state index is 0.408. The number of aromatic nitrogens is 4. The van der Waals surface area contributed by atoms with Crippen LogP contribution in [-0.4, -0.2) is 26.7 Å². The average molecular weight is 325 g/mol. The first kappa shape index (κ1) is 16.2. The second kappa shape index (κ2) is 6.86. The summed E-state index contributed by atoms with van der Waals surface area (Å²) in [6.07, 6.45) is 1.05. The number of hydrogen-bond acceptors (Lipinski definition) is 5. The topological polar surface area (TPSA) is 64.3 Å². The lowest BCUT2D eigenvalue weighted by Crippen LogP contribution is -2.06. The number of nitrogens with zero attached hydrogens (tertiary/aromatic N) is 4. The molecule has 0 fully saturated rings. The molecule has 126 valence electrons. The van der Waals surface area contributed by atoms with Gasteiger partial charge in [-0.15, -0.1) is 5.10 Å². The quantitative estimate of drug-likeness (QED) is 0.750. The lowest BCUT2D eigenvalue weighted by atomic mass is 10.0. The fourth-order valence-electron chi connectivity index (χ4n) is 2.57. The van der Waals surface area contributed by atoms with Crippen molar-refractivity contribution in [2.75, 3.05) is 12.4 Å². The van der Waals surface area contributed by atoms with Crippen LogP contribution in [0.1, 0.15) is 43.1 Å². The third-order valence-electron chi connectivity index (χ3n) is 4.19. The third-order valence-corrected chi connectivity index (χ3v) is 4.19. The first-order valence-corrected chi connectivity index (χ1v) is 8.21. The zero-order valence-corrected chi connectivity index (χ0v) is 14.6. The number of rotatable bonds is 6. The first-order valence-electron chi connectivity index (χ1n) is 8.21. The number of hydrogen-bond donors (Lipinski definition) is 1. The summed E-state index contributed by atoms with van der Waals surface area (Å²) in [5, 5.41) is 7.85. The summed E-state index contributed by atoms with van der Waals surface area (Å²) < 4.78 is 7.02. The maximum atomic E-state index is 5.17. The van der Waals surface area contributed by atoms with E-state index in [-0.39, 0.29) is 0 Å². The largest absolute Gasteiger partial charge is 0.497 e. The number of nitrogens with one attached hydrogen (secondary N) is 1. The van der Waals surface area contributed by atoms with E-state index in [2.05, 4.69) is 40.3 Å². The van der Waals surface area contributed by atoms with Gasteiger partial charge in [-0.05, 0) is 43.0 Å². The van der Waals surface area contributed by atoms with Gasteiger partial charge in [-0.1, -0.05) is 26.0 Å². The molecule has 2 aromatic heterocycles. The van der Waals surface area contributed by atoms with Crippen molar-refractivity contribution in [3.05, 3.63) is 47.3 Å². The zero-order chi connectivity index (χ0) is 17.1. The molecule has 6 nitrogen and oxygen atoms in total. The Morgan fingerprint density at radius 1 is 1.21 bits per heavy atom. The molecule has 0 bridgehead atoms. The number of aryl methyl sites for hydroxylation is 1. The predicted molar refractivity (Wildman–Crippen MR) is 94.5 cm³/mol. The van der Waals surface area contributed by atoms with Crippen LogP contribution in [0.15, 0.2) is 30.3 Å². The van der Waals surface area contributed by atoms with Crippen molar-refractivity contribution in [3.8, 4) is 5.75 Å². The molecule has 0 spiro atoms. The second-order valence-electron chi connectivity index (χ2n) is 5.98. The Morgan fingerprint density at radius 3 is 2.62 bits per heavy atom. The number of ether oxygens (including phenoxy) is 1. The average Bonchev–Trinajstić information content (AvgIpc) is 3.01. The van der Waals surface area contributed by atoms with Crippen LogP contribution in [0.4, 0.5) is 5.95 Å². The molecule has 1 aromatic carbocycles. The van der Waals surface area contributed by atoms with E-state index in [0.717, 1.165) is 29.1 Å². The predicted octanol–water partition coefficient (Wildman–Crippen LogP) is 3.57. The molecule has 6 heteroatoms. The molecule has 3 rings (SSSR count). The summed E-state index contributed by atoms with van der Waals surface area (Å²) in [7, 11) is 1.66. The van der Waals surface area contributed by atoms with Gasteiger partial charge in [0, 0.05) is 12.2 Å². The number of anilines is 1. The number of fused-ring (bicyclic) bond motifs is 1. The van der Waals surface area contributed by atoms with Crippen LogP contribution in [0.2, 0.25) is 0 Å². The zero-order valence-electron chi connectivity index (χ0n) is 14.6. The fourth-order valence-corrected chi connectivity index (χ4v) is 2.57. The Kier molecular flexibility index (Phi) is 4.64. The molecular formula is C18H23N5O. The van der Waals surface area contributed by atoms with Gasteiger partial charge < -0.3 is 10.1 Å². The van der Waals surface area contributed by atoms with Gasteiger partial charge in [0.15, 0.2) is 0 Å². The highest BCUT2D eigenvalue weighted by molar-refractivity contribution is 5.40. The van der Waals surface area contributed by atoms with Gasteiger partial charge in [-0.25, -0.2) is 4.98 Å². The van der Waals surface area contributed by atoms with Crippen molar-refractivity contribution >= 4 is 11.7 Å². The molecule has 0 saturated carbocycles. The highest BCUT2D eigenvalue weighted by atomic mass is 16.5. The minimum Gasteiger partial charge on any atom is -0.497 e. The first-order chi connectivity index (χ1) is 11.6. The lowest BCUT2D eigenvalue weighted by Gasteiger charge is -2.10. The van der Waals surface area contributed by atoms with Crippen LogP contribution < -0.4 is 10.1 Å². The highest BCUT2D eigenvalue weighted by Gasteiger charge is 2.13. The molecule has 0 aliphatic heterocycles. The Morgan fingerprint density at radius 2 is 1.96 bits per heavy atom. The minimum absolute atomic E-state index is 0.408. The molecule has 0 aliphatic rings. The number of methoxy groups -OCH3 is 1. The Bertz CT molecular complexity index is 825. The maximum Gasteiger partial charge on any atom is 0.254 e. The van der Waals surface area contributed by atoms with Gasteiger partial charge in [0.25, 0.3) is 5.78 Å². The van der Waals surface area contributed by atoms with Crippen molar-refractivity contribution in [1.82, 2.24) is 19.6 Å². The maximum absolute atomic E-state index is 5.17. The van der Waals surface area contributed by atoms with E-state index >= 15 is 0 Å². The van der Waals surface area contributed by atoms with E-state index in [4.69, 9.17) is 4.74 Å². The molecule has 1 N–H and O–H groups in total. The van der Waals surface area contributed by atoms with Gasteiger partial charge in [0.1, 0.15) is 5.75 Å². The van der Waals surface area contributed by atoms with E-state index in [9.17, 15) is 0 Å². The van der Waals surface area contributed by atoms with Gasteiger partial charge in [0.05, 0.1) is 12.8 Å². The Labute approximate surface area is 141 Å². The lowest BCUT2D eigenvalue weighted by molar-refractivity contribution is 0.414. The van der Waals surface area contributed by atoms with Crippen molar-refractivity contribution in [2.24, 2.45) is 0 Å². The molecule has 0 radical (unpaired) electrons. The molecule has 1 unspecified atom stereocenters. The Hall–Kier alpha value is -2.63. The van der Waals surface area contributed by atoms with E-state index in [1.54, 1.807) is 7.11 Å². The normalized spacial score (nSPS) is 12.3. The Balaban J connectivity index is 1.82. The van der Waals surface area contributed by atoms with Crippen molar-refractivity contribution in [3.63, 3.8) is 0 Å². The van der Waals surface area contributed by atoms with E-state index < -0.39 is 0 Å². The third kappa shape index (κ3) is 3.32. The van der Waals surface area contributed by atoms with Crippen LogP contribution in [0.5, 0.6) is 5.75 Å². The van der Waals surface area contributed by atoms with Crippen LogP contribution in [-0.2, 0) is 6.54 Å². The molecule has 1 atom stereocenters. The number of benzene rings is 1. The van der Waals surface area contributed by atoms with Gasteiger partial charge in [0.2, 0.25) is 5.95 Å². The van der Waals surface area contributed by atoms with Crippen molar-refractivity contribution < 1.29 is 4.74 Å². The summed E-state index contributed by atoms with van der Waals surface area (Å²) in [4.78, 5) is 8.99. The van der Waals surface area contributed by atoms with Gasteiger partial charge >= 0.3 is 0 Å². The molecule has 24 heavy (non-hydrogen) atoms. The smallest absolute Gasteiger partial charge is 0.254 e. The SMILES string of the molecule is CCC(C)c1cc(C)nc2nc(NCc3ccc(OC)cc3)nn12. The fraction of sp³-hybridized carbons (Fsp3) is 0.389. The van der Waals surface area contributed by atoms with E-state index in [1.165, 1.54) is 0 Å². The van der Waals surface area contributed by atoms with E-state index in [0.29, 0.717) is 24.2 Å². The molecule has 3 aromatic rings. The highest BCUT2D eigenvalue weighted by Crippen LogP contribution is 2.20. The molecule has 0 saturated heterocycles. The van der Waals surface area contributed by atoms with Crippen LogP contribution in [0.25, 0.3) is 5.78 Å². The van der Waals surface area contributed by atoms with Gasteiger partial charge in [-0.3, -0.25) is 0 Å². The standard InChI is InChI=1S/C18H23N5O/c1-5-12(2)16-10-13(3)20-18-21-17(22-23(16)18)19-11-14-6-8-15(24-4)9-7-14/h6-10,12H,5,11H2,1-4H3,(H,19,22). The van der Waals surface area contributed by atoms with Crippen LogP contribution in [0, 0.1) is 6.92 Å². The summed E-state index contributed by atoms with van der Waals surface area (Å²) in [5.41, 5.74) is 3.25. The summed E-state index contributed by atoms with van der Waals surface area (Å²) in [5.74, 6) is 2.49. The molecule has 0 aliphatic carbocycles. The summed E-state index contributed by atoms with van der Waals surface area (Å²) in [6, 6.07) is 10.0. The summed E-state index contributed by atoms with van der Waals surface area (Å²) >= 11 is 0. The van der Waals surface area contributed by atoms with Crippen molar-refractivity contribution in [1.29, 1.82) is 0 Å². The van der Waals surface area contributed by atoms with E-state index in [1.807, 2.05) is 35.7 Å². The monoisotopic (exact) mass is 325 g/mol. The summed E-state index contributed by atoms with van der Waals surface area (Å²) in [6.45, 7) is 7.01. The van der Waals surface area contributed by atoms with Gasteiger partial charge in [-0.2, -0.15) is 9.50 Å². The van der Waals surface area contributed by atoms with Crippen molar-refractivity contribution in [2.45, 2.75) is 39.7 Å².